The molecule has 0 aromatic rings. The van der Waals surface area contributed by atoms with Gasteiger partial charge in [-0.25, -0.2) is 0 Å². The van der Waals surface area contributed by atoms with E-state index in [4.69, 9.17) is 0 Å². The lowest BCUT2D eigenvalue weighted by Gasteiger charge is -2.17. The molecule has 0 spiro atoms. The number of rotatable bonds is 15. The second kappa shape index (κ2) is 15.4. The van der Waals surface area contributed by atoms with Crippen molar-refractivity contribution in [3.8, 4) is 0 Å². The molecule has 1 radical (unpaired) electrons. The molecule has 0 N–H and O–H groups in total. The molecule has 0 fully saturated rings. The molecule has 1 atom stereocenters. The zero-order valence-corrected chi connectivity index (χ0v) is 15.0. The SMILES string of the molecule is CCCCCCCCCCCCCCC(C)[C](C)CC. The largest absolute Gasteiger partial charge is 0.0654 e. The molecule has 0 rings (SSSR count). The van der Waals surface area contributed by atoms with Gasteiger partial charge in [0.05, 0.1) is 0 Å². The van der Waals surface area contributed by atoms with Crippen molar-refractivity contribution >= 4 is 0 Å². The molecule has 0 aliphatic heterocycles. The van der Waals surface area contributed by atoms with Crippen LogP contribution in [0.25, 0.3) is 0 Å². The fourth-order valence-corrected chi connectivity index (χ4v) is 2.89. The van der Waals surface area contributed by atoms with Crippen LogP contribution in [-0.2, 0) is 0 Å². The molecule has 1 unspecified atom stereocenters. The van der Waals surface area contributed by atoms with Crippen molar-refractivity contribution in [2.75, 3.05) is 0 Å². The molecule has 0 nitrogen and oxygen atoms in total. The van der Waals surface area contributed by atoms with Crippen LogP contribution in [0.2, 0.25) is 0 Å². The predicted octanol–water partition coefficient (Wildman–Crippen LogP) is 7.72. The first kappa shape index (κ1) is 20.0. The van der Waals surface area contributed by atoms with E-state index in [0.29, 0.717) is 0 Å². The first-order valence-electron chi connectivity index (χ1n) is 9.54. The van der Waals surface area contributed by atoms with Crippen molar-refractivity contribution in [3.05, 3.63) is 5.92 Å². The third kappa shape index (κ3) is 13.0. The predicted molar refractivity (Wildman–Crippen MR) is 94.1 cm³/mol. The van der Waals surface area contributed by atoms with E-state index in [9.17, 15) is 0 Å². The second-order valence-corrected chi connectivity index (χ2v) is 6.78. The lowest BCUT2D eigenvalue weighted by atomic mass is 9.89. The van der Waals surface area contributed by atoms with Gasteiger partial charge < -0.3 is 0 Å². The minimum atomic E-state index is 0.850. The Kier molecular flexibility index (Phi) is 15.4. The quantitative estimate of drug-likeness (QED) is 0.269. The molecule has 121 valence electrons. The summed E-state index contributed by atoms with van der Waals surface area (Å²) in [5.41, 5.74) is 0. The molecule has 0 heteroatoms. The Labute approximate surface area is 130 Å². The third-order valence-corrected chi connectivity index (χ3v) is 4.89. The van der Waals surface area contributed by atoms with Crippen molar-refractivity contribution in [1.29, 1.82) is 0 Å². The average Bonchev–Trinajstić information content (AvgIpc) is 2.47. The summed E-state index contributed by atoms with van der Waals surface area (Å²) < 4.78 is 0. The molecule has 0 bridgehead atoms. The van der Waals surface area contributed by atoms with Gasteiger partial charge in [-0.05, 0) is 18.3 Å². The van der Waals surface area contributed by atoms with E-state index < -0.39 is 0 Å². The van der Waals surface area contributed by atoms with Crippen LogP contribution in [0.4, 0.5) is 0 Å². The van der Waals surface area contributed by atoms with Crippen molar-refractivity contribution in [3.63, 3.8) is 0 Å². The van der Waals surface area contributed by atoms with Gasteiger partial charge in [0.2, 0.25) is 0 Å². The smallest absolute Gasteiger partial charge is 0.0246 e. The van der Waals surface area contributed by atoms with Crippen LogP contribution in [0, 0.1) is 11.8 Å². The molecule has 0 aliphatic carbocycles. The Balaban J connectivity index is 3.10. The van der Waals surface area contributed by atoms with Gasteiger partial charge in [0.25, 0.3) is 0 Å². The summed E-state index contributed by atoms with van der Waals surface area (Å²) >= 11 is 0. The maximum Gasteiger partial charge on any atom is -0.0246 e. The minimum absolute atomic E-state index is 0.850. The van der Waals surface area contributed by atoms with Gasteiger partial charge in [0, 0.05) is 0 Å². The Bertz CT molecular complexity index is 173. The highest BCUT2D eigenvalue weighted by molar-refractivity contribution is 4.87. The van der Waals surface area contributed by atoms with E-state index in [1.165, 1.54) is 89.9 Å². The normalized spacial score (nSPS) is 13.1. The summed E-state index contributed by atoms with van der Waals surface area (Å²) in [6.45, 7) is 9.30. The molecule has 0 saturated carbocycles. The highest BCUT2D eigenvalue weighted by atomic mass is 14.1. The second-order valence-electron chi connectivity index (χ2n) is 6.78. The zero-order chi connectivity index (χ0) is 15.1. The van der Waals surface area contributed by atoms with Crippen LogP contribution in [0.1, 0.15) is 118 Å². The Morgan fingerprint density at radius 1 is 0.650 bits per heavy atom. The molecule has 0 saturated heterocycles. The van der Waals surface area contributed by atoms with E-state index in [1.807, 2.05) is 0 Å². The van der Waals surface area contributed by atoms with E-state index in [2.05, 4.69) is 27.7 Å². The molecular weight excluding hydrogens is 240 g/mol. The molecule has 0 heterocycles. The van der Waals surface area contributed by atoms with E-state index >= 15 is 0 Å². The third-order valence-electron chi connectivity index (χ3n) is 4.89. The summed E-state index contributed by atoms with van der Waals surface area (Å²) in [6.07, 6.45) is 20.2. The number of hydrogen-bond donors (Lipinski definition) is 0. The summed E-state index contributed by atoms with van der Waals surface area (Å²) in [5.74, 6) is 2.54. The average molecular weight is 282 g/mol. The van der Waals surface area contributed by atoms with Crippen LogP contribution >= 0.6 is 0 Å². The lowest BCUT2D eigenvalue weighted by molar-refractivity contribution is 0.477. The summed E-state index contributed by atoms with van der Waals surface area (Å²) in [7, 11) is 0. The van der Waals surface area contributed by atoms with Gasteiger partial charge >= 0.3 is 0 Å². The topological polar surface area (TPSA) is 0 Å². The van der Waals surface area contributed by atoms with Gasteiger partial charge in [0.15, 0.2) is 0 Å². The van der Waals surface area contributed by atoms with E-state index in [1.54, 1.807) is 5.92 Å². The lowest BCUT2D eigenvalue weighted by Crippen LogP contribution is -2.04. The van der Waals surface area contributed by atoms with Crippen molar-refractivity contribution in [1.82, 2.24) is 0 Å². The monoisotopic (exact) mass is 281 g/mol. The van der Waals surface area contributed by atoms with Crippen LogP contribution in [-0.4, -0.2) is 0 Å². The highest BCUT2D eigenvalue weighted by Crippen LogP contribution is 2.23. The highest BCUT2D eigenvalue weighted by Gasteiger charge is 2.09. The van der Waals surface area contributed by atoms with Gasteiger partial charge in [-0.1, -0.05) is 111 Å². The maximum absolute atomic E-state index is 2.40. The van der Waals surface area contributed by atoms with Crippen molar-refractivity contribution in [2.24, 2.45) is 5.92 Å². The van der Waals surface area contributed by atoms with Crippen molar-refractivity contribution < 1.29 is 0 Å². The maximum atomic E-state index is 2.40. The van der Waals surface area contributed by atoms with Gasteiger partial charge in [-0.15, -0.1) is 0 Å². The van der Waals surface area contributed by atoms with Crippen LogP contribution in [0.15, 0.2) is 0 Å². The Hall–Kier alpha value is 0. The standard InChI is InChI=1S/C20H41/c1-5-7-8-9-10-11-12-13-14-15-16-17-18-20(4)19(3)6-2/h20H,5-18H2,1-4H3. The molecule has 0 aromatic carbocycles. The summed E-state index contributed by atoms with van der Waals surface area (Å²) in [4.78, 5) is 0. The molecule has 0 amide bonds. The van der Waals surface area contributed by atoms with E-state index in [0.717, 1.165) is 5.92 Å². The zero-order valence-electron chi connectivity index (χ0n) is 15.0. The molecular formula is C20H41. The van der Waals surface area contributed by atoms with Gasteiger partial charge in [-0.2, -0.15) is 0 Å². The summed E-state index contributed by atoms with van der Waals surface area (Å²) in [5, 5.41) is 0. The first-order valence-corrected chi connectivity index (χ1v) is 9.54. The Morgan fingerprint density at radius 3 is 1.45 bits per heavy atom. The minimum Gasteiger partial charge on any atom is -0.0654 e. The van der Waals surface area contributed by atoms with Crippen molar-refractivity contribution in [2.45, 2.75) is 118 Å². The summed E-state index contributed by atoms with van der Waals surface area (Å²) in [6, 6.07) is 0. The number of hydrogen-bond acceptors (Lipinski definition) is 0. The fourth-order valence-electron chi connectivity index (χ4n) is 2.89. The fraction of sp³-hybridized carbons (Fsp3) is 0.950. The van der Waals surface area contributed by atoms with Gasteiger partial charge in [-0.3, -0.25) is 0 Å². The van der Waals surface area contributed by atoms with Crippen LogP contribution in [0.5, 0.6) is 0 Å². The Morgan fingerprint density at radius 2 is 1.05 bits per heavy atom. The van der Waals surface area contributed by atoms with Gasteiger partial charge in [0.1, 0.15) is 0 Å². The molecule has 0 aromatic heterocycles. The molecule has 0 aliphatic rings. The van der Waals surface area contributed by atoms with Crippen LogP contribution < -0.4 is 0 Å². The van der Waals surface area contributed by atoms with E-state index in [-0.39, 0.29) is 0 Å². The number of unbranched alkanes of at least 4 members (excludes halogenated alkanes) is 11. The molecule has 20 heavy (non-hydrogen) atoms. The van der Waals surface area contributed by atoms with Crippen LogP contribution in [0.3, 0.4) is 0 Å². The first-order chi connectivity index (χ1) is 9.72.